The molecular formula is C38H26N2O6. The van der Waals surface area contributed by atoms with E-state index in [0.29, 0.717) is 55.7 Å². The molecule has 0 unspecified atom stereocenters. The van der Waals surface area contributed by atoms with E-state index in [-0.39, 0.29) is 22.1 Å². The predicted octanol–water partition coefficient (Wildman–Crippen LogP) is 8.20. The summed E-state index contributed by atoms with van der Waals surface area (Å²) in [6, 6.07) is 29.5. The number of fused-ring (bicyclic) bond motifs is 2. The minimum Gasteiger partial charge on any atom is -0.478 e. The Balaban J connectivity index is 1.63. The zero-order valence-electron chi connectivity index (χ0n) is 24.5. The second kappa shape index (κ2) is 11.0. The van der Waals surface area contributed by atoms with Crippen LogP contribution < -0.4 is 10.6 Å². The second-order valence-electron chi connectivity index (χ2n) is 11.0. The topological polar surface area (TPSA) is 133 Å². The first-order chi connectivity index (χ1) is 22.3. The number of anilines is 2. The van der Waals surface area contributed by atoms with Crippen molar-refractivity contribution in [3.63, 3.8) is 0 Å². The highest BCUT2D eigenvalue weighted by atomic mass is 16.4. The van der Waals surface area contributed by atoms with Gasteiger partial charge in [-0.05, 0) is 92.8 Å². The lowest BCUT2D eigenvalue weighted by atomic mass is 9.82. The van der Waals surface area contributed by atoms with Crippen molar-refractivity contribution in [1.82, 2.24) is 0 Å². The average molecular weight is 607 g/mol. The van der Waals surface area contributed by atoms with Gasteiger partial charge in [0.2, 0.25) is 0 Å². The number of aryl methyl sites for hydroxylation is 1. The first-order valence-electron chi connectivity index (χ1n) is 14.7. The molecule has 0 saturated carbocycles. The van der Waals surface area contributed by atoms with E-state index >= 15 is 0 Å². The van der Waals surface area contributed by atoms with Crippen LogP contribution in [0.1, 0.15) is 53.9 Å². The number of carbonyl (C=O) groups is 4. The van der Waals surface area contributed by atoms with Crippen LogP contribution in [0.25, 0.3) is 43.1 Å². The molecule has 0 aromatic heterocycles. The molecule has 0 fully saturated rings. The van der Waals surface area contributed by atoms with Crippen LogP contribution in [0.2, 0.25) is 0 Å². The van der Waals surface area contributed by atoms with Gasteiger partial charge in [-0.3, -0.25) is 9.59 Å². The number of carboxylic acids is 2. The molecule has 7 aromatic carbocycles. The van der Waals surface area contributed by atoms with Gasteiger partial charge in [-0.1, -0.05) is 61.5 Å². The molecule has 0 saturated heterocycles. The van der Waals surface area contributed by atoms with Crippen LogP contribution in [-0.2, 0) is 6.42 Å². The molecule has 0 atom stereocenters. The number of rotatable bonds is 7. The Morgan fingerprint density at radius 1 is 0.500 bits per heavy atom. The lowest BCUT2D eigenvalue weighted by Gasteiger charge is -2.22. The van der Waals surface area contributed by atoms with Crippen LogP contribution in [0, 0.1) is 0 Å². The maximum absolute atomic E-state index is 14.1. The third-order valence-electron chi connectivity index (χ3n) is 8.48. The molecule has 8 heteroatoms. The number of nitrogens with one attached hydrogen (secondary N) is 2. The van der Waals surface area contributed by atoms with Crippen molar-refractivity contribution in [2.24, 2.45) is 0 Å². The Bertz CT molecular complexity index is 2360. The van der Waals surface area contributed by atoms with Crippen molar-refractivity contribution in [3.8, 4) is 0 Å². The molecule has 0 radical (unpaired) electrons. The Morgan fingerprint density at radius 2 is 0.957 bits per heavy atom. The van der Waals surface area contributed by atoms with Crippen molar-refractivity contribution in [1.29, 1.82) is 0 Å². The Kier molecular flexibility index (Phi) is 6.82. The number of amides is 2. The molecular weight excluding hydrogens is 580 g/mol. The SMILES string of the molecule is CCc1cc(C(=O)Nc2ccccc2)c2c(C(=O)Nc3ccccc3)ccc3c4ccc(C(=O)O)c5c(C(=O)O)ccc(c1c23)c54. The van der Waals surface area contributed by atoms with Gasteiger partial charge in [-0.25, -0.2) is 9.59 Å². The number of carboxylic acid groups (broad SMARTS) is 2. The summed E-state index contributed by atoms with van der Waals surface area (Å²) >= 11 is 0. The van der Waals surface area contributed by atoms with Crippen LogP contribution >= 0.6 is 0 Å². The number of para-hydroxylation sites is 2. The van der Waals surface area contributed by atoms with Gasteiger partial charge in [0, 0.05) is 33.3 Å². The molecule has 0 bridgehead atoms. The van der Waals surface area contributed by atoms with Crippen molar-refractivity contribution >= 4 is 78.2 Å². The van der Waals surface area contributed by atoms with E-state index in [1.54, 1.807) is 54.6 Å². The number of hydrogen-bond acceptors (Lipinski definition) is 4. The number of aromatic carboxylic acids is 2. The van der Waals surface area contributed by atoms with Crippen molar-refractivity contribution in [2.45, 2.75) is 13.3 Å². The molecule has 224 valence electrons. The highest BCUT2D eigenvalue weighted by Crippen LogP contribution is 2.45. The standard InChI is InChI=1S/C38H26N2O6/c1-2-20-19-29(36(42)40-22-11-7-4-8-12-22)32-26(35(41)39-21-9-5-3-6-10-21)16-13-24-23-14-17-27(37(43)44)33-28(38(45)46)18-15-25(31(23)33)30(20)34(24)32/h3-19H,2H2,1H3,(H,39,41)(H,40,42)(H,43,44)(H,45,46). The first-order valence-corrected chi connectivity index (χ1v) is 14.7. The van der Waals surface area contributed by atoms with E-state index in [4.69, 9.17) is 0 Å². The van der Waals surface area contributed by atoms with E-state index in [1.807, 2.05) is 43.3 Å². The largest absolute Gasteiger partial charge is 0.478 e. The van der Waals surface area contributed by atoms with Crippen molar-refractivity contribution in [3.05, 3.63) is 131 Å². The van der Waals surface area contributed by atoms with Crippen LogP contribution in [0.3, 0.4) is 0 Å². The average Bonchev–Trinajstić information content (AvgIpc) is 3.06. The maximum Gasteiger partial charge on any atom is 0.336 e. The minimum absolute atomic E-state index is 0.117. The minimum atomic E-state index is -1.24. The third-order valence-corrected chi connectivity index (χ3v) is 8.48. The third kappa shape index (κ3) is 4.47. The summed E-state index contributed by atoms with van der Waals surface area (Å²) in [6.45, 7) is 1.95. The zero-order chi connectivity index (χ0) is 32.1. The molecule has 0 aliphatic heterocycles. The van der Waals surface area contributed by atoms with Gasteiger partial charge in [0.05, 0.1) is 11.1 Å². The summed E-state index contributed by atoms with van der Waals surface area (Å²) in [7, 11) is 0. The fourth-order valence-corrected chi connectivity index (χ4v) is 6.53. The highest BCUT2D eigenvalue weighted by molar-refractivity contribution is 6.39. The Hall–Kier alpha value is -6.28. The van der Waals surface area contributed by atoms with E-state index in [2.05, 4.69) is 10.6 Å². The van der Waals surface area contributed by atoms with E-state index < -0.39 is 23.8 Å². The normalized spacial score (nSPS) is 11.3. The molecule has 2 amide bonds. The van der Waals surface area contributed by atoms with E-state index in [0.717, 1.165) is 10.9 Å². The van der Waals surface area contributed by atoms with Crippen LogP contribution in [0.15, 0.2) is 103 Å². The zero-order valence-corrected chi connectivity index (χ0v) is 24.5. The maximum atomic E-state index is 14.1. The van der Waals surface area contributed by atoms with Crippen LogP contribution in [-0.4, -0.2) is 34.0 Å². The molecule has 0 spiro atoms. The molecule has 46 heavy (non-hydrogen) atoms. The molecule has 7 rings (SSSR count). The quantitative estimate of drug-likeness (QED) is 0.107. The fraction of sp³-hybridized carbons (Fsp3) is 0.0526. The summed E-state index contributed by atoms with van der Waals surface area (Å²) in [4.78, 5) is 52.7. The number of carbonyl (C=O) groups excluding carboxylic acids is 2. The lowest BCUT2D eigenvalue weighted by molar-refractivity contribution is 0.0695. The van der Waals surface area contributed by atoms with Crippen LogP contribution in [0.5, 0.6) is 0 Å². The van der Waals surface area contributed by atoms with E-state index in [9.17, 15) is 29.4 Å². The molecule has 7 aromatic rings. The molecule has 8 nitrogen and oxygen atoms in total. The van der Waals surface area contributed by atoms with Gasteiger partial charge < -0.3 is 20.8 Å². The predicted molar refractivity (Wildman–Crippen MR) is 180 cm³/mol. The fourth-order valence-electron chi connectivity index (χ4n) is 6.53. The Labute approximate surface area is 262 Å². The summed E-state index contributed by atoms with van der Waals surface area (Å²) in [5.41, 5.74) is 2.34. The Morgan fingerprint density at radius 3 is 1.48 bits per heavy atom. The van der Waals surface area contributed by atoms with Crippen LogP contribution in [0.4, 0.5) is 11.4 Å². The molecule has 4 N–H and O–H groups in total. The summed E-state index contributed by atoms with van der Waals surface area (Å²) in [5.74, 6) is -3.27. The molecule has 0 aliphatic rings. The van der Waals surface area contributed by atoms with Gasteiger partial charge in [-0.2, -0.15) is 0 Å². The van der Waals surface area contributed by atoms with Crippen molar-refractivity contribution in [2.75, 3.05) is 10.6 Å². The van der Waals surface area contributed by atoms with E-state index in [1.165, 1.54) is 12.1 Å². The summed E-state index contributed by atoms with van der Waals surface area (Å²) in [6.07, 6.45) is 0.507. The summed E-state index contributed by atoms with van der Waals surface area (Å²) in [5, 5.41) is 30.5. The van der Waals surface area contributed by atoms with Gasteiger partial charge in [0.25, 0.3) is 11.8 Å². The van der Waals surface area contributed by atoms with Gasteiger partial charge in [0.15, 0.2) is 0 Å². The van der Waals surface area contributed by atoms with Gasteiger partial charge >= 0.3 is 11.9 Å². The second-order valence-corrected chi connectivity index (χ2v) is 11.0. The highest BCUT2D eigenvalue weighted by Gasteiger charge is 2.27. The van der Waals surface area contributed by atoms with Gasteiger partial charge in [-0.15, -0.1) is 0 Å². The smallest absolute Gasteiger partial charge is 0.336 e. The van der Waals surface area contributed by atoms with Gasteiger partial charge in [0.1, 0.15) is 0 Å². The molecule has 0 heterocycles. The first kappa shape index (κ1) is 28.5. The number of benzene rings is 7. The lowest BCUT2D eigenvalue weighted by Crippen LogP contribution is -2.17. The monoisotopic (exact) mass is 606 g/mol. The molecule has 0 aliphatic carbocycles. The van der Waals surface area contributed by atoms with Crippen molar-refractivity contribution < 1.29 is 29.4 Å². The number of hydrogen-bond donors (Lipinski definition) is 4. The summed E-state index contributed by atoms with van der Waals surface area (Å²) < 4.78 is 0.